The van der Waals surface area contributed by atoms with E-state index in [4.69, 9.17) is 0 Å². The minimum absolute atomic E-state index is 0.219. The number of piperidine rings is 1. The van der Waals surface area contributed by atoms with E-state index in [1.165, 1.54) is 4.90 Å². The lowest BCUT2D eigenvalue weighted by Gasteiger charge is -2.29. The molecule has 0 saturated carbocycles. The summed E-state index contributed by atoms with van der Waals surface area (Å²) >= 11 is 0. The number of nitrogens with one attached hydrogen (secondary N) is 1. The molecular formula is C13H13N3O4. The summed E-state index contributed by atoms with van der Waals surface area (Å²) in [6.07, 6.45) is 0.540. The normalized spacial score (nSPS) is 21.9. The Balaban J connectivity index is 1.90. The molecule has 3 amide bonds. The predicted molar refractivity (Wildman–Crippen MR) is 67.4 cm³/mol. The van der Waals surface area contributed by atoms with E-state index in [0.29, 0.717) is 28.7 Å². The van der Waals surface area contributed by atoms with Crippen molar-refractivity contribution in [3.63, 3.8) is 0 Å². The molecule has 0 radical (unpaired) electrons. The third-order valence-corrected chi connectivity index (χ3v) is 3.75. The SMILES string of the molecule is O=C1CCC(N2Cc3c([NH2+][O-])cccc3C2=O)C(=O)N1. The number of hydrogen-bond acceptors (Lipinski definition) is 4. The van der Waals surface area contributed by atoms with Crippen LogP contribution in [-0.4, -0.2) is 28.7 Å². The minimum Gasteiger partial charge on any atom is -0.630 e. The van der Waals surface area contributed by atoms with Crippen molar-refractivity contribution < 1.29 is 19.9 Å². The summed E-state index contributed by atoms with van der Waals surface area (Å²) in [7, 11) is 0. The number of quaternary nitrogens is 1. The van der Waals surface area contributed by atoms with Crippen LogP contribution in [0.5, 0.6) is 0 Å². The van der Waals surface area contributed by atoms with Crippen LogP contribution in [0.1, 0.15) is 28.8 Å². The standard InChI is InChI=1S/C13H13N3O4/c17-11-5-4-10(12(18)14-11)16-6-8-7(13(16)19)2-1-3-9(8)15-20/h1-3,10H,4-6,15H2,(H,14,17,18). The maximum absolute atomic E-state index is 12.3. The second kappa shape index (κ2) is 4.69. The number of rotatable bonds is 2. The first-order valence-corrected chi connectivity index (χ1v) is 6.33. The molecule has 3 N–H and O–H groups in total. The lowest BCUT2D eigenvalue weighted by molar-refractivity contribution is -0.497. The van der Waals surface area contributed by atoms with E-state index in [1.54, 1.807) is 18.2 Å². The number of carbonyl (C=O) groups excluding carboxylic acids is 3. The molecule has 104 valence electrons. The Morgan fingerprint density at radius 3 is 2.80 bits per heavy atom. The van der Waals surface area contributed by atoms with Crippen molar-refractivity contribution in [2.24, 2.45) is 0 Å². The Labute approximate surface area is 114 Å². The zero-order valence-electron chi connectivity index (χ0n) is 10.6. The average Bonchev–Trinajstić information content (AvgIpc) is 2.76. The van der Waals surface area contributed by atoms with Crippen LogP contribution >= 0.6 is 0 Å². The van der Waals surface area contributed by atoms with Crippen LogP contribution in [0.3, 0.4) is 0 Å². The van der Waals surface area contributed by atoms with Gasteiger partial charge in [-0.2, -0.15) is 0 Å². The van der Waals surface area contributed by atoms with Crippen LogP contribution in [-0.2, 0) is 16.1 Å². The van der Waals surface area contributed by atoms with Crippen molar-refractivity contribution in [1.82, 2.24) is 10.2 Å². The van der Waals surface area contributed by atoms with Gasteiger partial charge in [0.25, 0.3) is 5.91 Å². The van der Waals surface area contributed by atoms with E-state index in [1.807, 2.05) is 0 Å². The number of amides is 3. The third kappa shape index (κ3) is 1.87. The highest BCUT2D eigenvalue weighted by molar-refractivity contribution is 6.05. The van der Waals surface area contributed by atoms with Crippen molar-refractivity contribution in [2.75, 3.05) is 0 Å². The number of fused-ring (bicyclic) bond motifs is 1. The monoisotopic (exact) mass is 275 g/mol. The number of carbonyl (C=O) groups is 3. The van der Waals surface area contributed by atoms with Gasteiger partial charge in [0.15, 0.2) is 0 Å². The van der Waals surface area contributed by atoms with Crippen molar-refractivity contribution in [3.05, 3.63) is 34.5 Å². The van der Waals surface area contributed by atoms with E-state index >= 15 is 0 Å². The molecule has 0 aliphatic carbocycles. The highest BCUT2D eigenvalue weighted by atomic mass is 16.5. The molecule has 1 unspecified atom stereocenters. The van der Waals surface area contributed by atoms with Crippen LogP contribution in [0.25, 0.3) is 0 Å². The molecule has 3 rings (SSSR count). The van der Waals surface area contributed by atoms with Crippen LogP contribution in [0.15, 0.2) is 18.2 Å². The topological polar surface area (TPSA) is 106 Å². The van der Waals surface area contributed by atoms with Gasteiger partial charge in [-0.15, -0.1) is 0 Å². The minimum atomic E-state index is -0.646. The Morgan fingerprint density at radius 2 is 2.10 bits per heavy atom. The zero-order chi connectivity index (χ0) is 14.3. The molecule has 1 saturated heterocycles. The van der Waals surface area contributed by atoms with Gasteiger partial charge in [0.1, 0.15) is 11.7 Å². The summed E-state index contributed by atoms with van der Waals surface area (Å²) in [5.74, 6) is -1.03. The molecule has 7 nitrogen and oxygen atoms in total. The Hall–Kier alpha value is -2.25. The van der Waals surface area contributed by atoms with E-state index in [9.17, 15) is 19.6 Å². The fraction of sp³-hybridized carbons (Fsp3) is 0.308. The van der Waals surface area contributed by atoms with Crippen molar-refractivity contribution >= 4 is 23.4 Å². The Morgan fingerprint density at radius 1 is 1.30 bits per heavy atom. The van der Waals surface area contributed by atoms with Gasteiger partial charge in [-0.3, -0.25) is 19.7 Å². The summed E-state index contributed by atoms with van der Waals surface area (Å²) in [5.41, 5.74) is 2.28. The highest BCUT2D eigenvalue weighted by Crippen LogP contribution is 2.30. The molecule has 1 atom stereocenters. The van der Waals surface area contributed by atoms with Crippen molar-refractivity contribution in [2.45, 2.75) is 25.4 Å². The molecule has 0 spiro atoms. The lowest BCUT2D eigenvalue weighted by Crippen LogP contribution is -2.70. The molecule has 1 fully saturated rings. The molecule has 20 heavy (non-hydrogen) atoms. The van der Waals surface area contributed by atoms with Crippen LogP contribution in [0.4, 0.5) is 5.69 Å². The smallest absolute Gasteiger partial charge is 0.255 e. The summed E-state index contributed by atoms with van der Waals surface area (Å²) in [4.78, 5) is 36.8. The molecule has 1 aromatic rings. The number of hydrogen-bond donors (Lipinski definition) is 2. The molecule has 0 aromatic heterocycles. The van der Waals surface area contributed by atoms with E-state index < -0.39 is 11.9 Å². The van der Waals surface area contributed by atoms with Gasteiger partial charge in [0.2, 0.25) is 11.8 Å². The molecule has 2 heterocycles. The molecule has 2 aliphatic heterocycles. The Kier molecular flexibility index (Phi) is 3.00. The van der Waals surface area contributed by atoms with Crippen LogP contribution < -0.4 is 10.8 Å². The van der Waals surface area contributed by atoms with E-state index in [0.717, 1.165) is 0 Å². The summed E-state index contributed by atoms with van der Waals surface area (Å²) in [6.45, 7) is 0.232. The van der Waals surface area contributed by atoms with Crippen LogP contribution in [0.2, 0.25) is 0 Å². The molecule has 7 heteroatoms. The fourth-order valence-electron chi connectivity index (χ4n) is 2.72. The molecule has 2 aliphatic rings. The predicted octanol–water partition coefficient (Wildman–Crippen LogP) is -0.860. The first-order chi connectivity index (χ1) is 9.61. The number of benzene rings is 1. The first-order valence-electron chi connectivity index (χ1n) is 6.33. The van der Waals surface area contributed by atoms with E-state index in [2.05, 4.69) is 5.32 Å². The van der Waals surface area contributed by atoms with Crippen molar-refractivity contribution in [1.29, 1.82) is 0 Å². The molecule has 1 aromatic carbocycles. The number of nitrogens with zero attached hydrogens (tertiary/aromatic N) is 1. The fourth-order valence-corrected chi connectivity index (χ4v) is 2.72. The largest absolute Gasteiger partial charge is 0.630 e. The lowest BCUT2D eigenvalue weighted by atomic mass is 10.0. The maximum atomic E-state index is 12.3. The zero-order valence-corrected chi connectivity index (χ0v) is 10.6. The summed E-state index contributed by atoms with van der Waals surface area (Å²) < 4.78 is 0. The van der Waals surface area contributed by atoms with Gasteiger partial charge in [-0.05, 0) is 18.6 Å². The maximum Gasteiger partial charge on any atom is 0.255 e. The third-order valence-electron chi connectivity index (χ3n) is 3.75. The summed E-state index contributed by atoms with van der Waals surface area (Å²) in [5, 5.41) is 13.3. The average molecular weight is 275 g/mol. The second-order valence-electron chi connectivity index (χ2n) is 4.89. The highest BCUT2D eigenvalue weighted by Gasteiger charge is 2.40. The Bertz CT molecular complexity index is 614. The van der Waals surface area contributed by atoms with Gasteiger partial charge in [-0.25, -0.2) is 0 Å². The molecular weight excluding hydrogens is 262 g/mol. The second-order valence-corrected chi connectivity index (χ2v) is 4.89. The van der Waals surface area contributed by atoms with Gasteiger partial charge in [-0.1, -0.05) is 6.07 Å². The van der Waals surface area contributed by atoms with Gasteiger partial charge < -0.3 is 15.6 Å². The number of imide groups is 1. The van der Waals surface area contributed by atoms with Gasteiger partial charge in [0, 0.05) is 12.0 Å². The number of nitrogens with two attached hydrogens (primary N) is 1. The van der Waals surface area contributed by atoms with Crippen LogP contribution in [0, 0.1) is 5.21 Å². The summed E-state index contributed by atoms with van der Waals surface area (Å²) in [6, 6.07) is 4.30. The first kappa shape index (κ1) is 12.8. The van der Waals surface area contributed by atoms with Gasteiger partial charge in [0.05, 0.1) is 12.1 Å². The quantitative estimate of drug-likeness (QED) is 0.416. The van der Waals surface area contributed by atoms with Crippen molar-refractivity contribution in [3.8, 4) is 0 Å². The van der Waals surface area contributed by atoms with E-state index in [-0.39, 0.29) is 24.8 Å². The molecule has 0 bridgehead atoms. The van der Waals surface area contributed by atoms with Gasteiger partial charge >= 0.3 is 0 Å².